The summed E-state index contributed by atoms with van der Waals surface area (Å²) in [6, 6.07) is 2.15. The van der Waals surface area contributed by atoms with E-state index in [4.69, 9.17) is 4.74 Å². The lowest BCUT2D eigenvalue weighted by molar-refractivity contribution is -0.142. The third-order valence-corrected chi connectivity index (χ3v) is 2.86. The average Bonchev–Trinajstić information content (AvgIpc) is 2.35. The number of aliphatic carboxylic acids is 1. The molecule has 0 aliphatic rings. The van der Waals surface area contributed by atoms with Crippen LogP contribution in [0.4, 0.5) is 18.0 Å². The monoisotopic (exact) mass is 333 g/mol. The van der Waals surface area contributed by atoms with Crippen molar-refractivity contribution in [1.82, 2.24) is 4.90 Å². The van der Waals surface area contributed by atoms with E-state index in [1.165, 1.54) is 7.05 Å². The van der Waals surface area contributed by atoms with E-state index in [0.717, 1.165) is 29.2 Å². The van der Waals surface area contributed by atoms with Gasteiger partial charge in [0.1, 0.15) is 5.60 Å². The molecule has 0 aromatic heterocycles. The molecule has 1 unspecified atom stereocenters. The number of carboxylic acid groups (broad SMARTS) is 1. The molecule has 0 aliphatic heterocycles. The molecule has 0 saturated heterocycles. The van der Waals surface area contributed by atoms with Gasteiger partial charge < -0.3 is 9.84 Å². The van der Waals surface area contributed by atoms with Gasteiger partial charge >= 0.3 is 18.2 Å². The Kier molecular flexibility index (Phi) is 5.29. The first-order chi connectivity index (χ1) is 10.3. The van der Waals surface area contributed by atoms with Crippen LogP contribution in [0.1, 0.15) is 37.9 Å². The first kappa shape index (κ1) is 18.8. The highest BCUT2D eigenvalue weighted by molar-refractivity contribution is 5.81. The summed E-state index contributed by atoms with van der Waals surface area (Å²) in [5.41, 5.74) is -1.68. The fraction of sp³-hybridized carbons (Fsp3) is 0.467. The van der Waals surface area contributed by atoms with Gasteiger partial charge in [0.2, 0.25) is 0 Å². The van der Waals surface area contributed by atoms with Gasteiger partial charge in [0.25, 0.3) is 0 Å². The number of rotatable bonds is 3. The smallest absolute Gasteiger partial charge is 0.416 e. The molecule has 0 aliphatic carbocycles. The Morgan fingerprint density at radius 2 is 1.61 bits per heavy atom. The number of hydrogen-bond donors (Lipinski definition) is 1. The summed E-state index contributed by atoms with van der Waals surface area (Å²) in [6.07, 6.45) is -5.40. The van der Waals surface area contributed by atoms with E-state index in [-0.39, 0.29) is 5.56 Å². The normalized spacial score (nSPS) is 13.3. The number of carboxylic acids is 1. The predicted octanol–water partition coefficient (Wildman–Crippen LogP) is 3.70. The summed E-state index contributed by atoms with van der Waals surface area (Å²) in [5, 5.41) is 9.30. The van der Waals surface area contributed by atoms with Crippen LogP contribution in [0.25, 0.3) is 0 Å². The van der Waals surface area contributed by atoms with Crippen molar-refractivity contribution in [2.24, 2.45) is 0 Å². The lowest BCUT2D eigenvalue weighted by atomic mass is 10.0. The molecule has 1 rings (SSSR count). The molecule has 1 amide bonds. The van der Waals surface area contributed by atoms with Crippen molar-refractivity contribution >= 4 is 12.1 Å². The largest absolute Gasteiger partial charge is 0.479 e. The summed E-state index contributed by atoms with van der Waals surface area (Å²) in [7, 11) is 1.21. The number of nitrogens with zero attached hydrogens (tertiary/aromatic N) is 1. The van der Waals surface area contributed by atoms with Gasteiger partial charge in [0.15, 0.2) is 6.04 Å². The molecule has 1 aromatic rings. The molecular formula is C15H18F3NO4. The molecule has 0 saturated carbocycles. The summed E-state index contributed by atoms with van der Waals surface area (Å²) in [4.78, 5) is 24.2. The van der Waals surface area contributed by atoms with E-state index < -0.39 is 35.4 Å². The number of carbonyl (C=O) groups is 2. The van der Waals surface area contributed by atoms with Crippen molar-refractivity contribution in [3.8, 4) is 0 Å². The zero-order valence-corrected chi connectivity index (χ0v) is 13.1. The van der Waals surface area contributed by atoms with E-state index in [0.29, 0.717) is 0 Å². The van der Waals surface area contributed by atoms with Crippen LogP contribution < -0.4 is 0 Å². The van der Waals surface area contributed by atoms with Crippen LogP contribution in [0.2, 0.25) is 0 Å². The molecule has 0 fully saturated rings. The van der Waals surface area contributed by atoms with E-state index in [2.05, 4.69) is 0 Å². The maximum atomic E-state index is 12.6. The Labute approximate surface area is 131 Å². The van der Waals surface area contributed by atoms with Crippen LogP contribution in [0.3, 0.4) is 0 Å². The standard InChI is InChI=1S/C15H18F3NO4/c1-14(2,3)23-13(22)19(4)11(12(20)21)9-5-7-10(8-6-9)15(16,17)18/h5-8,11H,1-4H3,(H,20,21). The Morgan fingerprint density at radius 3 is 1.96 bits per heavy atom. The fourth-order valence-corrected chi connectivity index (χ4v) is 1.83. The van der Waals surface area contributed by atoms with Gasteiger partial charge in [0, 0.05) is 7.05 Å². The second kappa shape index (κ2) is 6.47. The summed E-state index contributed by atoms with van der Waals surface area (Å²) in [6.45, 7) is 4.85. The quantitative estimate of drug-likeness (QED) is 0.916. The predicted molar refractivity (Wildman–Crippen MR) is 75.8 cm³/mol. The summed E-state index contributed by atoms with van der Waals surface area (Å²) >= 11 is 0. The minimum Gasteiger partial charge on any atom is -0.479 e. The van der Waals surface area contributed by atoms with Crippen LogP contribution in [0, 0.1) is 0 Å². The van der Waals surface area contributed by atoms with Crippen LogP contribution >= 0.6 is 0 Å². The van der Waals surface area contributed by atoms with E-state index >= 15 is 0 Å². The number of ether oxygens (including phenoxy) is 1. The zero-order valence-electron chi connectivity index (χ0n) is 13.1. The number of likely N-dealkylation sites (N-methyl/N-ethyl adjacent to an activating group) is 1. The topological polar surface area (TPSA) is 66.8 Å². The number of benzene rings is 1. The fourth-order valence-electron chi connectivity index (χ4n) is 1.83. The SMILES string of the molecule is CN(C(=O)OC(C)(C)C)C(C(=O)O)c1ccc(C(F)(F)F)cc1. The highest BCUT2D eigenvalue weighted by Gasteiger charge is 2.33. The molecule has 23 heavy (non-hydrogen) atoms. The number of alkyl halides is 3. The first-order valence-corrected chi connectivity index (χ1v) is 6.68. The van der Waals surface area contributed by atoms with Crippen molar-refractivity contribution in [2.45, 2.75) is 38.6 Å². The number of hydrogen-bond acceptors (Lipinski definition) is 3. The van der Waals surface area contributed by atoms with Crippen LogP contribution in [-0.2, 0) is 15.7 Å². The van der Waals surface area contributed by atoms with Gasteiger partial charge in [-0.3, -0.25) is 4.90 Å². The average molecular weight is 333 g/mol. The van der Waals surface area contributed by atoms with Crippen molar-refractivity contribution in [3.05, 3.63) is 35.4 Å². The van der Waals surface area contributed by atoms with Gasteiger partial charge in [-0.25, -0.2) is 9.59 Å². The van der Waals surface area contributed by atoms with E-state index in [9.17, 15) is 27.9 Å². The molecule has 0 heterocycles. The van der Waals surface area contributed by atoms with Crippen molar-refractivity contribution in [3.63, 3.8) is 0 Å². The maximum Gasteiger partial charge on any atom is 0.416 e. The second-order valence-corrected chi connectivity index (χ2v) is 5.95. The Bertz CT molecular complexity index is 576. The number of halogens is 3. The minimum atomic E-state index is -4.52. The van der Waals surface area contributed by atoms with Crippen LogP contribution in [0.15, 0.2) is 24.3 Å². The number of carbonyl (C=O) groups excluding carboxylic acids is 1. The highest BCUT2D eigenvalue weighted by Crippen LogP contribution is 2.31. The van der Waals surface area contributed by atoms with Gasteiger partial charge in [-0.05, 0) is 38.5 Å². The second-order valence-electron chi connectivity index (χ2n) is 5.95. The number of amides is 1. The Morgan fingerprint density at radius 1 is 1.13 bits per heavy atom. The molecule has 5 nitrogen and oxygen atoms in total. The summed E-state index contributed by atoms with van der Waals surface area (Å²) in [5.74, 6) is -1.38. The van der Waals surface area contributed by atoms with Crippen LogP contribution in [0.5, 0.6) is 0 Å². The first-order valence-electron chi connectivity index (χ1n) is 6.68. The molecule has 0 spiro atoms. The molecule has 8 heteroatoms. The maximum absolute atomic E-state index is 12.6. The van der Waals surface area contributed by atoms with Gasteiger partial charge in [-0.15, -0.1) is 0 Å². The lowest BCUT2D eigenvalue weighted by Crippen LogP contribution is -2.39. The third kappa shape index (κ3) is 5.15. The van der Waals surface area contributed by atoms with E-state index in [1.807, 2.05) is 0 Å². The van der Waals surface area contributed by atoms with Crippen molar-refractivity contribution in [2.75, 3.05) is 7.05 Å². The Balaban J connectivity index is 3.07. The third-order valence-electron chi connectivity index (χ3n) is 2.86. The highest BCUT2D eigenvalue weighted by atomic mass is 19.4. The molecule has 1 N–H and O–H groups in total. The molecule has 1 atom stereocenters. The van der Waals surface area contributed by atoms with Gasteiger partial charge in [-0.1, -0.05) is 12.1 Å². The molecule has 128 valence electrons. The van der Waals surface area contributed by atoms with E-state index in [1.54, 1.807) is 20.8 Å². The molecule has 0 radical (unpaired) electrons. The van der Waals surface area contributed by atoms with Crippen molar-refractivity contribution in [1.29, 1.82) is 0 Å². The summed E-state index contributed by atoms with van der Waals surface area (Å²) < 4.78 is 42.7. The lowest BCUT2D eigenvalue weighted by Gasteiger charge is -2.28. The minimum absolute atomic E-state index is 0.0406. The van der Waals surface area contributed by atoms with Gasteiger partial charge in [-0.2, -0.15) is 13.2 Å². The Hall–Kier alpha value is -2.25. The van der Waals surface area contributed by atoms with Crippen LogP contribution in [-0.4, -0.2) is 34.7 Å². The van der Waals surface area contributed by atoms with Crippen molar-refractivity contribution < 1.29 is 32.6 Å². The molecule has 0 bridgehead atoms. The zero-order chi connectivity index (χ0) is 18.0. The van der Waals surface area contributed by atoms with Gasteiger partial charge in [0.05, 0.1) is 5.56 Å². The molecular weight excluding hydrogens is 315 g/mol. The molecule has 1 aromatic carbocycles.